The Hall–Kier alpha value is -2.62. The molecule has 2 rings (SSSR count). The number of carbonyl (C=O) groups is 1. The zero-order valence-corrected chi connectivity index (χ0v) is 11.6. The Labute approximate surface area is 128 Å². The Morgan fingerprint density at radius 2 is 2.13 bits per heavy atom. The van der Waals surface area contributed by atoms with Gasteiger partial charge in [0.2, 0.25) is 0 Å². The van der Waals surface area contributed by atoms with Crippen molar-refractivity contribution in [1.82, 2.24) is 20.3 Å². The smallest absolute Gasteiger partial charge is 0.332 e. The molecule has 1 heterocycles. The second-order valence-electron chi connectivity index (χ2n) is 4.44. The van der Waals surface area contributed by atoms with Gasteiger partial charge < -0.3 is 9.88 Å². The van der Waals surface area contributed by atoms with Crippen LogP contribution in [0.25, 0.3) is 5.69 Å². The molecular formula is C13H12F4N4O2. The summed E-state index contributed by atoms with van der Waals surface area (Å²) in [5.74, 6) is -0.531. The lowest BCUT2D eigenvalue weighted by atomic mass is 10.2. The second kappa shape index (κ2) is 7.09. The SMILES string of the molecule is O=C(NCc1ccc(-n2ccnc2)c(F)c1)NOCC(F)(F)F. The number of aromatic nitrogens is 2. The van der Waals surface area contributed by atoms with Gasteiger partial charge in [0.1, 0.15) is 5.82 Å². The van der Waals surface area contributed by atoms with Crippen LogP contribution in [0.3, 0.4) is 0 Å². The summed E-state index contributed by atoms with van der Waals surface area (Å²) in [5, 5.41) is 2.24. The second-order valence-corrected chi connectivity index (χ2v) is 4.44. The van der Waals surface area contributed by atoms with Crippen LogP contribution in [0.1, 0.15) is 5.56 Å². The Morgan fingerprint density at radius 1 is 1.35 bits per heavy atom. The molecule has 0 bridgehead atoms. The summed E-state index contributed by atoms with van der Waals surface area (Å²) in [6.07, 6.45) is -0.0384. The quantitative estimate of drug-likeness (QED) is 0.652. The van der Waals surface area contributed by atoms with Crippen molar-refractivity contribution in [3.05, 3.63) is 48.3 Å². The van der Waals surface area contributed by atoms with E-state index < -0.39 is 24.6 Å². The number of hydrogen-bond acceptors (Lipinski definition) is 3. The van der Waals surface area contributed by atoms with Crippen LogP contribution in [-0.4, -0.2) is 28.4 Å². The molecule has 23 heavy (non-hydrogen) atoms. The number of benzene rings is 1. The van der Waals surface area contributed by atoms with E-state index in [-0.39, 0.29) is 12.2 Å². The number of amides is 2. The lowest BCUT2D eigenvalue weighted by Crippen LogP contribution is -2.37. The minimum atomic E-state index is -4.54. The lowest BCUT2D eigenvalue weighted by molar-refractivity contribution is -0.184. The number of halogens is 4. The molecule has 0 unspecified atom stereocenters. The van der Waals surface area contributed by atoms with E-state index in [1.54, 1.807) is 17.7 Å². The molecule has 0 radical (unpaired) electrons. The molecule has 1 aromatic heterocycles. The standard InChI is InChI=1S/C13H12F4N4O2/c14-10-5-9(1-2-11(10)21-4-3-18-8-21)6-19-12(22)20-23-7-13(15,16)17/h1-5,8H,6-7H2,(H2,19,20,22). The first-order valence-electron chi connectivity index (χ1n) is 6.34. The number of rotatable bonds is 5. The highest BCUT2D eigenvalue weighted by molar-refractivity contribution is 5.72. The summed E-state index contributed by atoms with van der Waals surface area (Å²) in [5.41, 5.74) is 2.29. The van der Waals surface area contributed by atoms with Crippen molar-refractivity contribution in [2.75, 3.05) is 6.61 Å². The fourth-order valence-corrected chi connectivity index (χ4v) is 1.67. The van der Waals surface area contributed by atoms with Gasteiger partial charge in [-0.1, -0.05) is 6.07 Å². The normalized spacial score (nSPS) is 11.3. The molecule has 0 aliphatic rings. The number of nitrogens with zero attached hydrogens (tertiary/aromatic N) is 2. The third kappa shape index (κ3) is 5.25. The van der Waals surface area contributed by atoms with Gasteiger partial charge in [-0.3, -0.25) is 4.84 Å². The van der Waals surface area contributed by atoms with Gasteiger partial charge in [0.05, 0.1) is 12.0 Å². The molecule has 2 aromatic rings. The summed E-state index contributed by atoms with van der Waals surface area (Å²) in [6, 6.07) is 3.29. The van der Waals surface area contributed by atoms with Gasteiger partial charge in [-0.2, -0.15) is 13.2 Å². The van der Waals surface area contributed by atoms with E-state index in [0.717, 1.165) is 0 Å². The van der Waals surface area contributed by atoms with Crippen LogP contribution in [0.4, 0.5) is 22.4 Å². The fraction of sp³-hybridized carbons (Fsp3) is 0.231. The van der Waals surface area contributed by atoms with Gasteiger partial charge in [-0.15, -0.1) is 0 Å². The molecular weight excluding hydrogens is 320 g/mol. The highest BCUT2D eigenvalue weighted by Crippen LogP contribution is 2.15. The number of hydroxylamine groups is 1. The maximum absolute atomic E-state index is 13.9. The highest BCUT2D eigenvalue weighted by Gasteiger charge is 2.28. The van der Waals surface area contributed by atoms with Gasteiger partial charge in [-0.25, -0.2) is 19.6 Å². The number of carbonyl (C=O) groups excluding carboxylic acids is 1. The van der Waals surface area contributed by atoms with Crippen molar-refractivity contribution < 1.29 is 27.2 Å². The summed E-state index contributed by atoms with van der Waals surface area (Å²) in [7, 11) is 0. The average Bonchev–Trinajstić information content (AvgIpc) is 2.98. The molecule has 2 amide bonds. The topological polar surface area (TPSA) is 68.2 Å². The summed E-state index contributed by atoms with van der Waals surface area (Å²) < 4.78 is 50.9. The maximum atomic E-state index is 13.9. The molecule has 6 nitrogen and oxygen atoms in total. The molecule has 0 atom stereocenters. The molecule has 1 aromatic carbocycles. The predicted octanol–water partition coefficient (Wildman–Crippen LogP) is 2.30. The van der Waals surface area contributed by atoms with Crippen LogP contribution in [0, 0.1) is 5.82 Å². The van der Waals surface area contributed by atoms with Crippen molar-refractivity contribution in [3.63, 3.8) is 0 Å². The Kier molecular flexibility index (Phi) is 5.16. The Bertz CT molecular complexity index is 658. The van der Waals surface area contributed by atoms with Gasteiger partial charge in [0.25, 0.3) is 0 Å². The van der Waals surface area contributed by atoms with Gasteiger partial charge >= 0.3 is 12.2 Å². The summed E-state index contributed by atoms with van der Waals surface area (Å²) in [6.45, 7) is -1.68. The first-order valence-corrected chi connectivity index (χ1v) is 6.34. The van der Waals surface area contributed by atoms with Crippen molar-refractivity contribution in [2.45, 2.75) is 12.7 Å². The van der Waals surface area contributed by atoms with Crippen LogP contribution in [0.15, 0.2) is 36.9 Å². The maximum Gasteiger partial charge on any atom is 0.414 e. The number of hydrogen-bond donors (Lipinski definition) is 2. The molecule has 10 heteroatoms. The lowest BCUT2D eigenvalue weighted by Gasteiger charge is -2.10. The zero-order valence-electron chi connectivity index (χ0n) is 11.6. The van der Waals surface area contributed by atoms with E-state index in [2.05, 4.69) is 15.1 Å². The Morgan fingerprint density at radius 3 is 2.74 bits per heavy atom. The van der Waals surface area contributed by atoms with Gasteiger partial charge in [0.15, 0.2) is 6.61 Å². The van der Waals surface area contributed by atoms with Crippen molar-refractivity contribution in [2.24, 2.45) is 0 Å². The highest BCUT2D eigenvalue weighted by atomic mass is 19.4. The molecule has 0 saturated carbocycles. The molecule has 0 aliphatic heterocycles. The first-order chi connectivity index (χ1) is 10.8. The molecule has 0 fully saturated rings. The van der Waals surface area contributed by atoms with Crippen LogP contribution >= 0.6 is 0 Å². The molecule has 124 valence electrons. The molecule has 0 saturated heterocycles. The Balaban J connectivity index is 1.84. The molecule has 0 aliphatic carbocycles. The molecule has 2 N–H and O–H groups in total. The van der Waals surface area contributed by atoms with Crippen LogP contribution in [-0.2, 0) is 11.4 Å². The average molecular weight is 332 g/mol. The van der Waals surface area contributed by atoms with Gasteiger partial charge in [-0.05, 0) is 17.7 Å². The van der Waals surface area contributed by atoms with Gasteiger partial charge in [0, 0.05) is 18.9 Å². The van der Waals surface area contributed by atoms with E-state index in [0.29, 0.717) is 5.56 Å². The third-order valence-corrected chi connectivity index (χ3v) is 2.65. The summed E-state index contributed by atoms with van der Waals surface area (Å²) >= 11 is 0. The van der Waals surface area contributed by atoms with Crippen molar-refractivity contribution in [1.29, 1.82) is 0 Å². The summed E-state index contributed by atoms with van der Waals surface area (Å²) in [4.78, 5) is 19.0. The van der Waals surface area contributed by atoms with Crippen LogP contribution in [0.5, 0.6) is 0 Å². The number of imidazole rings is 1. The fourth-order valence-electron chi connectivity index (χ4n) is 1.67. The minimum absolute atomic E-state index is 0.0810. The minimum Gasteiger partial charge on any atom is -0.332 e. The van der Waals surface area contributed by atoms with Crippen molar-refractivity contribution >= 4 is 6.03 Å². The largest absolute Gasteiger partial charge is 0.414 e. The number of alkyl halides is 3. The monoisotopic (exact) mass is 332 g/mol. The molecule has 0 spiro atoms. The van der Waals surface area contributed by atoms with E-state index in [9.17, 15) is 22.4 Å². The van der Waals surface area contributed by atoms with Crippen molar-refractivity contribution in [3.8, 4) is 5.69 Å². The third-order valence-electron chi connectivity index (χ3n) is 2.65. The number of nitrogens with one attached hydrogen (secondary N) is 2. The van der Waals surface area contributed by atoms with E-state index in [1.165, 1.54) is 29.2 Å². The van der Waals surface area contributed by atoms with E-state index in [1.807, 2.05) is 0 Å². The van der Waals surface area contributed by atoms with E-state index >= 15 is 0 Å². The van der Waals surface area contributed by atoms with E-state index in [4.69, 9.17) is 0 Å². The zero-order chi connectivity index (χ0) is 16.9. The van der Waals surface area contributed by atoms with Crippen LogP contribution < -0.4 is 10.8 Å². The predicted molar refractivity (Wildman–Crippen MR) is 70.9 cm³/mol. The van der Waals surface area contributed by atoms with Crippen LogP contribution in [0.2, 0.25) is 0 Å². The number of urea groups is 1. The first kappa shape index (κ1) is 16.7.